The molecule has 0 spiro atoms. The van der Waals surface area contributed by atoms with Crippen LogP contribution in [0.1, 0.15) is 24.2 Å². The Morgan fingerprint density at radius 2 is 1.94 bits per heavy atom. The smallest absolute Gasteiger partial charge is 0.293 e. The van der Waals surface area contributed by atoms with Gasteiger partial charge in [-0.15, -0.1) is 0 Å². The molecule has 0 saturated heterocycles. The zero-order valence-corrected chi connectivity index (χ0v) is 11.6. The highest BCUT2D eigenvalue weighted by Crippen LogP contribution is 2.37. The Morgan fingerprint density at radius 3 is 2.39 bits per heavy atom. The summed E-state index contributed by atoms with van der Waals surface area (Å²) < 4.78 is 16.7. The average Bonchev–Trinajstić information content (AvgIpc) is 2.26. The Morgan fingerprint density at radius 1 is 1.39 bits per heavy atom. The maximum absolute atomic E-state index is 11.8. The number of nitrogens with one attached hydrogen (secondary N) is 1. The van der Waals surface area contributed by atoms with E-state index in [1.807, 2.05) is 13.8 Å². The molecule has 18 heavy (non-hydrogen) atoms. The molecule has 1 atom stereocenters. The summed E-state index contributed by atoms with van der Waals surface area (Å²) in [6.45, 7) is 3.64. The fraction of sp³-hybridized carbons (Fsp3) is 0.417. The first-order chi connectivity index (χ1) is 8.34. The lowest BCUT2D eigenvalue weighted by molar-refractivity contribution is 0.0977. The molecule has 0 bridgehead atoms. The van der Waals surface area contributed by atoms with Crippen molar-refractivity contribution in [3.63, 3.8) is 0 Å². The van der Waals surface area contributed by atoms with Gasteiger partial charge in [0.15, 0.2) is 0 Å². The maximum Gasteiger partial charge on any atom is 0.293 e. The number of hydrogen-bond acceptors (Lipinski definition) is 3. The fourth-order valence-electron chi connectivity index (χ4n) is 1.51. The molecular formula is C12H18NO4P. The Balaban J connectivity index is 2.72. The second-order valence-corrected chi connectivity index (χ2v) is 6.44. The molecule has 0 heterocycles. The molecule has 100 valence electrons. The minimum absolute atomic E-state index is 0.0389. The van der Waals surface area contributed by atoms with Crippen molar-refractivity contribution >= 4 is 13.4 Å². The first-order valence-corrected chi connectivity index (χ1v) is 7.47. The van der Waals surface area contributed by atoms with Crippen molar-refractivity contribution in [3.8, 4) is 5.75 Å². The van der Waals surface area contributed by atoms with Crippen LogP contribution in [-0.2, 0) is 4.57 Å². The van der Waals surface area contributed by atoms with Crippen molar-refractivity contribution in [1.82, 2.24) is 5.09 Å². The van der Waals surface area contributed by atoms with E-state index < -0.39 is 13.4 Å². The topological polar surface area (TPSA) is 75.6 Å². The minimum Gasteiger partial charge on any atom is -0.497 e. The molecule has 0 radical (unpaired) electrons. The summed E-state index contributed by atoms with van der Waals surface area (Å²) >= 11 is 0. The summed E-state index contributed by atoms with van der Waals surface area (Å²) in [6.07, 6.45) is 0.0644. The summed E-state index contributed by atoms with van der Waals surface area (Å²) in [5.74, 6) is 0.113. The number of benzene rings is 1. The number of rotatable bonds is 5. The molecule has 6 heteroatoms. The third kappa shape index (κ3) is 4.51. The zero-order chi connectivity index (χ0) is 13.8. The number of ether oxygens (including phenoxy) is 1. The Labute approximate surface area is 107 Å². The van der Waals surface area contributed by atoms with E-state index in [4.69, 9.17) is 4.74 Å². The van der Waals surface area contributed by atoms with Crippen LogP contribution in [0, 0.1) is 5.92 Å². The number of carbonyl (C=O) groups excluding carboxylic acids is 1. The second-order valence-electron chi connectivity index (χ2n) is 4.45. The van der Waals surface area contributed by atoms with Gasteiger partial charge in [-0.3, -0.25) is 14.4 Å². The molecule has 0 aliphatic carbocycles. The lowest BCUT2D eigenvalue weighted by Crippen LogP contribution is -2.22. The molecule has 0 aromatic heterocycles. The number of amides is 1. The lowest BCUT2D eigenvalue weighted by Gasteiger charge is -2.15. The second kappa shape index (κ2) is 6.03. The largest absolute Gasteiger partial charge is 0.497 e. The van der Waals surface area contributed by atoms with E-state index in [9.17, 15) is 14.3 Å². The van der Waals surface area contributed by atoms with Crippen LogP contribution in [0.5, 0.6) is 5.75 Å². The first-order valence-electron chi connectivity index (χ1n) is 5.62. The molecule has 0 aliphatic rings. The number of carbonyl (C=O) groups is 1. The molecule has 1 amide bonds. The van der Waals surface area contributed by atoms with Gasteiger partial charge in [0.05, 0.1) is 7.11 Å². The molecule has 0 aliphatic heterocycles. The van der Waals surface area contributed by atoms with E-state index in [1.54, 1.807) is 24.3 Å². The highest BCUT2D eigenvalue weighted by atomic mass is 31.2. The molecule has 1 unspecified atom stereocenters. The summed E-state index contributed by atoms with van der Waals surface area (Å²) in [5, 5.41) is 2.17. The molecule has 0 fully saturated rings. The highest BCUT2D eigenvalue weighted by Gasteiger charge is 2.23. The van der Waals surface area contributed by atoms with Crippen molar-refractivity contribution in [2.75, 3.05) is 13.3 Å². The summed E-state index contributed by atoms with van der Waals surface area (Å²) in [5.41, 5.74) is 0.328. The highest BCUT2D eigenvalue weighted by molar-refractivity contribution is 7.56. The Hall–Kier alpha value is -1.32. The molecular weight excluding hydrogens is 253 g/mol. The summed E-state index contributed by atoms with van der Waals surface area (Å²) in [6, 6.07) is 6.34. The van der Waals surface area contributed by atoms with Gasteiger partial charge in [0.2, 0.25) is 0 Å². The molecule has 1 aromatic rings. The van der Waals surface area contributed by atoms with E-state index in [2.05, 4.69) is 5.09 Å². The predicted molar refractivity (Wildman–Crippen MR) is 70.0 cm³/mol. The normalized spacial score (nSPS) is 14.1. The molecule has 2 N–H and O–H groups in total. The van der Waals surface area contributed by atoms with Gasteiger partial charge >= 0.3 is 0 Å². The van der Waals surface area contributed by atoms with Crippen LogP contribution >= 0.6 is 7.52 Å². The van der Waals surface area contributed by atoms with Crippen molar-refractivity contribution < 1.29 is 19.0 Å². The van der Waals surface area contributed by atoms with Gasteiger partial charge in [-0.1, -0.05) is 13.8 Å². The Bertz CT molecular complexity index is 456. The SMILES string of the molecule is COc1ccc(C(=O)NP(=O)(O)CC(C)C)cc1. The summed E-state index contributed by atoms with van der Waals surface area (Å²) in [7, 11) is -2.09. The summed E-state index contributed by atoms with van der Waals surface area (Å²) in [4.78, 5) is 21.4. The van der Waals surface area contributed by atoms with Crippen LogP contribution in [-0.4, -0.2) is 24.1 Å². The van der Waals surface area contributed by atoms with E-state index in [-0.39, 0.29) is 12.1 Å². The molecule has 0 saturated carbocycles. The lowest BCUT2D eigenvalue weighted by atomic mass is 10.2. The van der Waals surface area contributed by atoms with Crippen molar-refractivity contribution in [2.45, 2.75) is 13.8 Å². The van der Waals surface area contributed by atoms with Crippen LogP contribution in [0.15, 0.2) is 24.3 Å². The maximum atomic E-state index is 11.8. The van der Waals surface area contributed by atoms with Gasteiger partial charge in [0.25, 0.3) is 13.4 Å². The van der Waals surface area contributed by atoms with Crippen molar-refractivity contribution in [2.24, 2.45) is 5.92 Å². The number of methoxy groups -OCH3 is 1. The van der Waals surface area contributed by atoms with Crippen LogP contribution < -0.4 is 9.82 Å². The third-order valence-electron chi connectivity index (χ3n) is 2.24. The number of hydrogen-bond donors (Lipinski definition) is 2. The molecule has 1 rings (SSSR count). The van der Waals surface area contributed by atoms with Gasteiger partial charge < -0.3 is 9.63 Å². The minimum atomic E-state index is -3.62. The van der Waals surface area contributed by atoms with E-state index >= 15 is 0 Å². The third-order valence-corrected chi connectivity index (χ3v) is 4.02. The van der Waals surface area contributed by atoms with Gasteiger partial charge in [-0.05, 0) is 30.2 Å². The zero-order valence-electron chi connectivity index (χ0n) is 10.7. The molecule has 5 nitrogen and oxygen atoms in total. The molecule has 1 aromatic carbocycles. The van der Waals surface area contributed by atoms with Crippen LogP contribution in [0.3, 0.4) is 0 Å². The first kappa shape index (κ1) is 14.7. The Kier molecular flexibility index (Phi) is 4.93. The van der Waals surface area contributed by atoms with E-state index in [1.165, 1.54) is 7.11 Å². The van der Waals surface area contributed by atoms with E-state index in [0.717, 1.165) is 0 Å². The van der Waals surface area contributed by atoms with Gasteiger partial charge in [-0.2, -0.15) is 0 Å². The monoisotopic (exact) mass is 271 g/mol. The van der Waals surface area contributed by atoms with Gasteiger partial charge in [-0.25, -0.2) is 0 Å². The standard InChI is InChI=1S/C12H18NO4P/c1-9(2)8-18(15,16)13-12(14)10-4-6-11(17-3)7-5-10/h4-7,9H,8H2,1-3H3,(H2,13,14,15,16). The fourth-order valence-corrected chi connectivity index (χ4v) is 3.03. The van der Waals surface area contributed by atoms with Crippen molar-refractivity contribution in [3.05, 3.63) is 29.8 Å². The quantitative estimate of drug-likeness (QED) is 0.805. The predicted octanol–water partition coefficient (Wildman–Crippen LogP) is 2.27. The van der Waals surface area contributed by atoms with Crippen LogP contribution in [0.4, 0.5) is 0 Å². The van der Waals surface area contributed by atoms with Crippen molar-refractivity contribution in [1.29, 1.82) is 0 Å². The van der Waals surface area contributed by atoms with Gasteiger partial charge in [0.1, 0.15) is 5.75 Å². The van der Waals surface area contributed by atoms with Gasteiger partial charge in [0, 0.05) is 11.7 Å². The van der Waals surface area contributed by atoms with Crippen LogP contribution in [0.2, 0.25) is 0 Å². The van der Waals surface area contributed by atoms with Crippen LogP contribution in [0.25, 0.3) is 0 Å². The average molecular weight is 271 g/mol. The van der Waals surface area contributed by atoms with E-state index in [0.29, 0.717) is 11.3 Å².